The highest BCUT2D eigenvalue weighted by atomic mass is 16.2. The Morgan fingerprint density at radius 2 is 2.00 bits per heavy atom. The third kappa shape index (κ3) is 3.11. The van der Waals surface area contributed by atoms with E-state index >= 15 is 0 Å². The monoisotopic (exact) mass is 170 g/mol. The summed E-state index contributed by atoms with van der Waals surface area (Å²) in [5.41, 5.74) is 0. The van der Waals surface area contributed by atoms with Crippen LogP contribution in [0.4, 0.5) is 4.79 Å². The van der Waals surface area contributed by atoms with Crippen molar-refractivity contribution in [3.8, 4) is 0 Å². The van der Waals surface area contributed by atoms with Crippen LogP contribution in [0.1, 0.15) is 39.5 Å². The predicted molar refractivity (Wildman–Crippen MR) is 49.1 cm³/mol. The lowest BCUT2D eigenvalue weighted by molar-refractivity contribution is 0.235. The molecule has 1 aliphatic rings. The van der Waals surface area contributed by atoms with E-state index in [1.807, 2.05) is 0 Å². The normalized spacial score (nSPS) is 16.2. The standard InChI is InChI=1S/C9H18N2O/c1-3-7(4-2)10-9(12)11-8-5-6-8/h7-8H,3-6H2,1-2H3,(H2,10,11,12). The number of urea groups is 1. The molecule has 0 saturated heterocycles. The van der Waals surface area contributed by atoms with Gasteiger partial charge in [-0.15, -0.1) is 0 Å². The van der Waals surface area contributed by atoms with Crippen LogP contribution in [0, 0.1) is 0 Å². The average molecular weight is 170 g/mol. The molecule has 3 nitrogen and oxygen atoms in total. The molecule has 0 aromatic carbocycles. The van der Waals surface area contributed by atoms with E-state index in [4.69, 9.17) is 0 Å². The van der Waals surface area contributed by atoms with Crippen molar-refractivity contribution in [2.75, 3.05) is 0 Å². The van der Waals surface area contributed by atoms with E-state index in [1.54, 1.807) is 0 Å². The quantitative estimate of drug-likeness (QED) is 0.661. The van der Waals surface area contributed by atoms with Gasteiger partial charge in [0, 0.05) is 12.1 Å². The molecule has 1 rings (SSSR count). The fraction of sp³-hybridized carbons (Fsp3) is 0.889. The molecule has 1 fully saturated rings. The molecule has 2 amide bonds. The van der Waals surface area contributed by atoms with Crippen LogP contribution in [0.3, 0.4) is 0 Å². The summed E-state index contributed by atoms with van der Waals surface area (Å²) in [6.07, 6.45) is 4.32. The first-order chi connectivity index (χ1) is 5.76. The van der Waals surface area contributed by atoms with Gasteiger partial charge in [-0.05, 0) is 25.7 Å². The van der Waals surface area contributed by atoms with Gasteiger partial charge in [0.25, 0.3) is 0 Å². The molecule has 0 aromatic rings. The predicted octanol–water partition coefficient (Wildman–Crippen LogP) is 1.64. The number of carbonyl (C=O) groups is 1. The fourth-order valence-electron chi connectivity index (χ4n) is 1.13. The van der Waals surface area contributed by atoms with Crippen LogP contribution < -0.4 is 10.6 Å². The molecule has 2 N–H and O–H groups in total. The zero-order valence-electron chi connectivity index (χ0n) is 7.89. The van der Waals surface area contributed by atoms with Gasteiger partial charge in [0.1, 0.15) is 0 Å². The van der Waals surface area contributed by atoms with Crippen LogP contribution >= 0.6 is 0 Å². The SMILES string of the molecule is CCC(CC)NC(=O)NC1CC1. The van der Waals surface area contributed by atoms with Crippen molar-refractivity contribution >= 4 is 6.03 Å². The van der Waals surface area contributed by atoms with Crippen molar-refractivity contribution in [1.82, 2.24) is 10.6 Å². The number of rotatable bonds is 4. The lowest BCUT2D eigenvalue weighted by Crippen LogP contribution is -2.42. The lowest BCUT2D eigenvalue weighted by atomic mass is 10.2. The minimum Gasteiger partial charge on any atom is -0.335 e. The summed E-state index contributed by atoms with van der Waals surface area (Å²) >= 11 is 0. The van der Waals surface area contributed by atoms with Crippen LogP contribution in [-0.2, 0) is 0 Å². The van der Waals surface area contributed by atoms with Crippen molar-refractivity contribution in [3.05, 3.63) is 0 Å². The van der Waals surface area contributed by atoms with Crippen LogP contribution in [0.5, 0.6) is 0 Å². The van der Waals surface area contributed by atoms with Gasteiger partial charge in [0.05, 0.1) is 0 Å². The molecule has 1 saturated carbocycles. The molecule has 0 spiro atoms. The van der Waals surface area contributed by atoms with Gasteiger partial charge in [-0.2, -0.15) is 0 Å². The Bertz CT molecular complexity index is 151. The van der Waals surface area contributed by atoms with E-state index in [1.165, 1.54) is 0 Å². The molecular formula is C9H18N2O. The summed E-state index contributed by atoms with van der Waals surface area (Å²) in [4.78, 5) is 11.2. The number of amides is 2. The van der Waals surface area contributed by atoms with Crippen molar-refractivity contribution in [3.63, 3.8) is 0 Å². The maximum atomic E-state index is 11.2. The van der Waals surface area contributed by atoms with E-state index < -0.39 is 0 Å². The second-order valence-corrected chi connectivity index (χ2v) is 3.41. The molecule has 0 bridgehead atoms. The second-order valence-electron chi connectivity index (χ2n) is 3.41. The van der Waals surface area contributed by atoms with Crippen molar-refractivity contribution in [2.24, 2.45) is 0 Å². The Morgan fingerprint density at radius 3 is 2.42 bits per heavy atom. The van der Waals surface area contributed by atoms with Crippen LogP contribution in [-0.4, -0.2) is 18.1 Å². The third-order valence-corrected chi connectivity index (χ3v) is 2.23. The first-order valence-electron chi connectivity index (χ1n) is 4.83. The number of hydrogen-bond acceptors (Lipinski definition) is 1. The molecule has 0 heterocycles. The minimum atomic E-state index is 0.00574. The average Bonchev–Trinajstić information content (AvgIpc) is 2.84. The zero-order valence-corrected chi connectivity index (χ0v) is 7.89. The van der Waals surface area contributed by atoms with Crippen molar-refractivity contribution in [2.45, 2.75) is 51.6 Å². The molecular weight excluding hydrogens is 152 g/mol. The molecule has 0 aliphatic heterocycles. The topological polar surface area (TPSA) is 41.1 Å². The Labute approximate surface area is 73.9 Å². The molecule has 0 unspecified atom stereocenters. The summed E-state index contributed by atoms with van der Waals surface area (Å²) in [7, 11) is 0. The van der Waals surface area contributed by atoms with E-state index in [0.717, 1.165) is 25.7 Å². The summed E-state index contributed by atoms with van der Waals surface area (Å²) in [6.45, 7) is 4.18. The van der Waals surface area contributed by atoms with Crippen molar-refractivity contribution < 1.29 is 4.79 Å². The van der Waals surface area contributed by atoms with E-state index in [2.05, 4.69) is 24.5 Å². The molecule has 0 radical (unpaired) electrons. The van der Waals surface area contributed by atoms with E-state index in [0.29, 0.717) is 12.1 Å². The molecule has 70 valence electrons. The summed E-state index contributed by atoms with van der Waals surface area (Å²) in [5.74, 6) is 0. The Hall–Kier alpha value is -0.730. The van der Waals surface area contributed by atoms with Gasteiger partial charge in [-0.25, -0.2) is 4.79 Å². The van der Waals surface area contributed by atoms with Gasteiger partial charge < -0.3 is 10.6 Å². The number of nitrogens with one attached hydrogen (secondary N) is 2. The third-order valence-electron chi connectivity index (χ3n) is 2.23. The van der Waals surface area contributed by atoms with Gasteiger partial charge in [0.2, 0.25) is 0 Å². The second kappa shape index (κ2) is 4.33. The summed E-state index contributed by atoms with van der Waals surface area (Å²) < 4.78 is 0. The number of hydrogen-bond donors (Lipinski definition) is 2. The smallest absolute Gasteiger partial charge is 0.315 e. The summed E-state index contributed by atoms with van der Waals surface area (Å²) in [6, 6.07) is 0.800. The van der Waals surface area contributed by atoms with Gasteiger partial charge in [-0.1, -0.05) is 13.8 Å². The highest BCUT2D eigenvalue weighted by Gasteiger charge is 2.23. The van der Waals surface area contributed by atoms with Crippen molar-refractivity contribution in [1.29, 1.82) is 0 Å². The maximum absolute atomic E-state index is 11.2. The summed E-state index contributed by atoms with van der Waals surface area (Å²) in [5, 5.41) is 5.84. The fourth-order valence-corrected chi connectivity index (χ4v) is 1.13. The van der Waals surface area contributed by atoms with Gasteiger partial charge in [-0.3, -0.25) is 0 Å². The zero-order chi connectivity index (χ0) is 8.97. The Kier molecular flexibility index (Phi) is 3.38. The lowest BCUT2D eigenvalue weighted by Gasteiger charge is -2.14. The maximum Gasteiger partial charge on any atom is 0.315 e. The Balaban J connectivity index is 2.13. The van der Waals surface area contributed by atoms with Gasteiger partial charge in [0.15, 0.2) is 0 Å². The van der Waals surface area contributed by atoms with Gasteiger partial charge >= 0.3 is 6.03 Å². The Morgan fingerprint density at radius 1 is 1.42 bits per heavy atom. The highest BCUT2D eigenvalue weighted by Crippen LogP contribution is 2.18. The number of carbonyl (C=O) groups excluding carboxylic acids is 1. The minimum absolute atomic E-state index is 0.00574. The van der Waals surface area contributed by atoms with E-state index in [-0.39, 0.29) is 6.03 Å². The first-order valence-corrected chi connectivity index (χ1v) is 4.83. The highest BCUT2D eigenvalue weighted by molar-refractivity contribution is 5.74. The molecule has 0 atom stereocenters. The molecule has 3 heteroatoms. The van der Waals surface area contributed by atoms with Crippen LogP contribution in [0.15, 0.2) is 0 Å². The first kappa shape index (κ1) is 9.36. The van der Waals surface area contributed by atoms with Crippen LogP contribution in [0.25, 0.3) is 0 Å². The van der Waals surface area contributed by atoms with E-state index in [9.17, 15) is 4.79 Å². The van der Waals surface area contributed by atoms with Crippen LogP contribution in [0.2, 0.25) is 0 Å². The largest absolute Gasteiger partial charge is 0.335 e. The molecule has 12 heavy (non-hydrogen) atoms. The molecule has 1 aliphatic carbocycles. The molecule has 0 aromatic heterocycles.